The zero-order valence-corrected chi connectivity index (χ0v) is 25.3. The van der Waals surface area contributed by atoms with Crippen LogP contribution in [-0.4, -0.2) is 27.7 Å². The Morgan fingerprint density at radius 3 is 2.35 bits per heavy atom. The second kappa shape index (κ2) is 11.7. The van der Waals surface area contributed by atoms with Crippen molar-refractivity contribution in [3.05, 3.63) is 137 Å². The number of nitrogens with one attached hydrogen (secondary N) is 1. The molecule has 3 aromatic carbocycles. The van der Waals surface area contributed by atoms with Gasteiger partial charge in [0.2, 0.25) is 0 Å². The number of carbonyl (C=O) groups excluding carboxylic acids is 1. The minimum absolute atomic E-state index is 0.207. The van der Waals surface area contributed by atoms with Crippen molar-refractivity contribution in [2.45, 2.75) is 32.9 Å². The van der Waals surface area contributed by atoms with Gasteiger partial charge in [0, 0.05) is 23.3 Å². The van der Waals surface area contributed by atoms with Crippen LogP contribution in [0.4, 0.5) is 5.69 Å². The van der Waals surface area contributed by atoms with Crippen LogP contribution in [0.2, 0.25) is 0 Å². The van der Waals surface area contributed by atoms with E-state index in [0.29, 0.717) is 10.7 Å². The highest BCUT2D eigenvalue weighted by Crippen LogP contribution is 2.44. The minimum Gasteiger partial charge on any atom is -0.465 e. The van der Waals surface area contributed by atoms with E-state index >= 15 is 0 Å². The lowest BCUT2D eigenvalue weighted by Gasteiger charge is -2.28. The van der Waals surface area contributed by atoms with Crippen molar-refractivity contribution in [1.82, 2.24) is 14.9 Å². The van der Waals surface area contributed by atoms with Gasteiger partial charge in [0.15, 0.2) is 5.11 Å². The summed E-state index contributed by atoms with van der Waals surface area (Å²) >= 11 is 5.97. The number of anilines is 1. The van der Waals surface area contributed by atoms with Gasteiger partial charge in [-0.15, -0.1) is 0 Å². The molecule has 0 aliphatic carbocycles. The number of rotatable bonds is 7. The van der Waals surface area contributed by atoms with Gasteiger partial charge in [-0.3, -0.25) is 4.98 Å². The fourth-order valence-electron chi connectivity index (χ4n) is 5.83. The van der Waals surface area contributed by atoms with Gasteiger partial charge in [-0.2, -0.15) is 0 Å². The summed E-state index contributed by atoms with van der Waals surface area (Å²) in [6.45, 7) is 6.15. The highest BCUT2D eigenvalue weighted by molar-refractivity contribution is 7.80. The van der Waals surface area contributed by atoms with E-state index in [-0.39, 0.29) is 18.1 Å². The molecule has 1 aliphatic rings. The predicted molar refractivity (Wildman–Crippen MR) is 172 cm³/mol. The molecular weight excluding hydrogens is 556 g/mol. The van der Waals surface area contributed by atoms with E-state index in [1.54, 1.807) is 12.3 Å². The van der Waals surface area contributed by atoms with Gasteiger partial charge in [0.05, 0.1) is 36.1 Å². The van der Waals surface area contributed by atoms with Gasteiger partial charge in [0.1, 0.15) is 11.5 Å². The Labute approximate surface area is 256 Å². The SMILES string of the molecule is COC(=O)c1ccccc1-n1c(C)cc([C@@H]2[C@@H](c3ccccn3)NC(=S)N2c2ccc(Oc3ccccc3C)cc2)c1C. The molecule has 0 saturated carbocycles. The molecule has 0 radical (unpaired) electrons. The van der Waals surface area contributed by atoms with Gasteiger partial charge in [-0.25, -0.2) is 4.79 Å². The lowest BCUT2D eigenvalue weighted by Crippen LogP contribution is -2.29. The number of para-hydroxylation sites is 2. The second-order valence-electron chi connectivity index (χ2n) is 10.5. The maximum Gasteiger partial charge on any atom is 0.339 e. The molecule has 1 saturated heterocycles. The van der Waals surface area contributed by atoms with E-state index in [1.165, 1.54) is 7.11 Å². The van der Waals surface area contributed by atoms with Crippen molar-refractivity contribution in [1.29, 1.82) is 0 Å². The summed E-state index contributed by atoms with van der Waals surface area (Å²) in [5, 5.41) is 4.15. The normalized spacial score (nSPS) is 16.2. The van der Waals surface area contributed by atoms with Crippen molar-refractivity contribution in [3.8, 4) is 17.2 Å². The Morgan fingerprint density at radius 2 is 1.63 bits per heavy atom. The fraction of sp³-hybridized carbons (Fsp3) is 0.171. The van der Waals surface area contributed by atoms with Gasteiger partial charge < -0.3 is 24.3 Å². The monoisotopic (exact) mass is 588 g/mol. The Balaban J connectivity index is 1.44. The fourth-order valence-corrected chi connectivity index (χ4v) is 6.18. The van der Waals surface area contributed by atoms with E-state index in [2.05, 4.69) is 27.8 Å². The number of carbonyl (C=O) groups is 1. The quantitative estimate of drug-likeness (QED) is 0.155. The molecule has 7 nitrogen and oxygen atoms in total. The van der Waals surface area contributed by atoms with Crippen molar-refractivity contribution < 1.29 is 14.3 Å². The maximum atomic E-state index is 12.7. The molecule has 0 spiro atoms. The van der Waals surface area contributed by atoms with Gasteiger partial charge in [-0.05, 0) is 105 Å². The third-order valence-corrected chi connectivity index (χ3v) is 8.19. The Bertz CT molecular complexity index is 1800. The average Bonchev–Trinajstić information content (AvgIpc) is 3.53. The molecule has 216 valence electrons. The van der Waals surface area contributed by atoms with Crippen LogP contribution in [0.1, 0.15) is 50.7 Å². The van der Waals surface area contributed by atoms with Gasteiger partial charge in [-0.1, -0.05) is 36.4 Å². The average molecular weight is 589 g/mol. The lowest BCUT2D eigenvalue weighted by molar-refractivity contribution is 0.0600. The Morgan fingerprint density at radius 1 is 0.907 bits per heavy atom. The molecular formula is C35H32N4O3S. The predicted octanol–water partition coefficient (Wildman–Crippen LogP) is 7.55. The summed E-state index contributed by atoms with van der Waals surface area (Å²) < 4.78 is 13.4. The number of nitrogens with zero attached hydrogens (tertiary/aromatic N) is 3. The van der Waals surface area contributed by atoms with Gasteiger partial charge in [0.25, 0.3) is 0 Å². The van der Waals surface area contributed by atoms with E-state index in [9.17, 15) is 4.79 Å². The number of esters is 1. The topological polar surface area (TPSA) is 68.6 Å². The summed E-state index contributed by atoms with van der Waals surface area (Å²) in [7, 11) is 1.40. The van der Waals surface area contributed by atoms with Crippen LogP contribution in [-0.2, 0) is 4.74 Å². The highest BCUT2D eigenvalue weighted by Gasteiger charge is 2.42. The van der Waals surface area contributed by atoms with E-state index in [0.717, 1.165) is 51.1 Å². The number of benzene rings is 3. The van der Waals surface area contributed by atoms with E-state index in [1.807, 2.05) is 98.8 Å². The Hall–Kier alpha value is -4.95. The zero-order valence-electron chi connectivity index (χ0n) is 24.4. The number of hydrogen-bond acceptors (Lipinski definition) is 5. The number of methoxy groups -OCH3 is 1. The molecule has 1 fully saturated rings. The first-order valence-electron chi connectivity index (χ1n) is 14.1. The van der Waals surface area contributed by atoms with Crippen LogP contribution in [0.15, 0.2) is 103 Å². The molecule has 3 heterocycles. The smallest absolute Gasteiger partial charge is 0.339 e. The summed E-state index contributed by atoms with van der Waals surface area (Å²) in [5.74, 6) is 1.18. The van der Waals surface area contributed by atoms with Crippen molar-refractivity contribution in [3.63, 3.8) is 0 Å². The first-order valence-corrected chi connectivity index (χ1v) is 14.5. The molecule has 2 aromatic heterocycles. The molecule has 0 amide bonds. The van der Waals surface area contributed by atoms with Crippen molar-refractivity contribution in [2.24, 2.45) is 0 Å². The molecule has 0 unspecified atom stereocenters. The number of pyridine rings is 1. The molecule has 1 aliphatic heterocycles. The maximum absolute atomic E-state index is 12.7. The van der Waals surface area contributed by atoms with E-state index < -0.39 is 0 Å². The summed E-state index contributed by atoms with van der Waals surface area (Å²) in [6.07, 6.45) is 1.80. The van der Waals surface area contributed by atoms with Crippen LogP contribution >= 0.6 is 12.2 Å². The lowest BCUT2D eigenvalue weighted by atomic mass is 9.96. The van der Waals surface area contributed by atoms with Gasteiger partial charge >= 0.3 is 5.97 Å². The third-order valence-electron chi connectivity index (χ3n) is 7.87. The molecule has 0 bridgehead atoms. The molecule has 5 aromatic rings. The molecule has 43 heavy (non-hydrogen) atoms. The first-order chi connectivity index (χ1) is 20.9. The summed E-state index contributed by atoms with van der Waals surface area (Å²) in [4.78, 5) is 19.5. The first kappa shape index (κ1) is 28.2. The molecule has 1 N–H and O–H groups in total. The zero-order chi connectivity index (χ0) is 30.1. The largest absolute Gasteiger partial charge is 0.465 e. The van der Waals surface area contributed by atoms with Crippen molar-refractivity contribution in [2.75, 3.05) is 12.0 Å². The van der Waals surface area contributed by atoms with Crippen LogP contribution in [0.5, 0.6) is 11.5 Å². The standard InChI is InChI=1S/C35H32N4O3S/c1-22-11-5-8-15-31(22)42-26-18-16-25(17-19-26)39-33(32(37-35(39)43)29-13-9-10-20-36-29)28-21-23(2)38(24(28)3)30-14-7-6-12-27(30)34(40)41-4/h5-21,32-33H,1-4H3,(H,37,43)/t32-,33-/m1/s1. The summed E-state index contributed by atoms with van der Waals surface area (Å²) in [6, 6.07) is 31.1. The van der Waals surface area contributed by atoms with Crippen LogP contribution in [0, 0.1) is 20.8 Å². The number of aryl methyl sites for hydroxylation is 2. The highest BCUT2D eigenvalue weighted by atomic mass is 32.1. The number of aromatic nitrogens is 2. The van der Waals surface area contributed by atoms with Crippen LogP contribution in [0.25, 0.3) is 5.69 Å². The second-order valence-corrected chi connectivity index (χ2v) is 10.9. The summed E-state index contributed by atoms with van der Waals surface area (Å²) in [5.41, 5.74) is 7.21. The molecule has 6 rings (SSSR count). The number of ether oxygens (including phenoxy) is 2. The molecule has 8 heteroatoms. The van der Waals surface area contributed by atoms with Crippen molar-refractivity contribution >= 4 is 29.0 Å². The van der Waals surface area contributed by atoms with E-state index in [4.69, 9.17) is 26.7 Å². The molecule has 2 atom stereocenters. The minimum atomic E-state index is -0.380. The van der Waals surface area contributed by atoms with Crippen LogP contribution in [0.3, 0.4) is 0 Å². The Kier molecular flexibility index (Phi) is 7.69. The van der Waals surface area contributed by atoms with Crippen LogP contribution < -0.4 is 15.0 Å². The number of hydrogen-bond donors (Lipinski definition) is 1. The number of thiocarbonyl (C=S) groups is 1. The third kappa shape index (κ3) is 5.26.